The molecule has 0 unspecified atom stereocenters. The highest BCUT2D eigenvalue weighted by molar-refractivity contribution is 5.72. The van der Waals surface area contributed by atoms with Crippen molar-refractivity contribution in [3.63, 3.8) is 0 Å². The molecule has 1 fully saturated rings. The summed E-state index contributed by atoms with van der Waals surface area (Å²) in [5.41, 5.74) is 5.08. The molecule has 0 aliphatic carbocycles. The number of primary amides is 1. The maximum Gasteiger partial charge on any atom is 0.315 e. The molecule has 3 heteroatoms. The number of urea groups is 1. The molecular formula is C6H12N2O. The minimum absolute atomic E-state index is 0.278. The highest BCUT2D eigenvalue weighted by atomic mass is 16.2. The van der Waals surface area contributed by atoms with Gasteiger partial charge in [-0.05, 0) is 19.8 Å². The summed E-state index contributed by atoms with van der Waals surface area (Å²) in [6.45, 7) is 2.87. The van der Waals surface area contributed by atoms with E-state index in [0.29, 0.717) is 6.04 Å². The van der Waals surface area contributed by atoms with E-state index in [1.165, 1.54) is 0 Å². The number of carbonyl (C=O) groups is 1. The lowest BCUT2D eigenvalue weighted by Crippen LogP contribution is -2.37. The number of amides is 2. The van der Waals surface area contributed by atoms with Crippen molar-refractivity contribution in [3.8, 4) is 0 Å². The fraction of sp³-hybridized carbons (Fsp3) is 0.833. The molecule has 1 aliphatic heterocycles. The topological polar surface area (TPSA) is 46.3 Å². The Morgan fingerprint density at radius 1 is 1.78 bits per heavy atom. The van der Waals surface area contributed by atoms with Crippen LogP contribution in [0.2, 0.25) is 0 Å². The van der Waals surface area contributed by atoms with Crippen LogP contribution in [0.25, 0.3) is 0 Å². The Kier molecular flexibility index (Phi) is 1.60. The van der Waals surface area contributed by atoms with Crippen LogP contribution in [0, 0.1) is 0 Å². The molecular weight excluding hydrogens is 116 g/mol. The number of hydrogen-bond acceptors (Lipinski definition) is 1. The Morgan fingerprint density at radius 3 is 2.67 bits per heavy atom. The second-order valence-corrected chi connectivity index (χ2v) is 2.52. The standard InChI is InChI=1S/C6H12N2O/c1-5-3-2-4-8(5)6(7)9/h5H,2-4H2,1H3,(H2,7,9)/t5-/m0/s1. The van der Waals surface area contributed by atoms with E-state index >= 15 is 0 Å². The van der Waals surface area contributed by atoms with Gasteiger partial charge in [-0.2, -0.15) is 0 Å². The highest BCUT2D eigenvalue weighted by Gasteiger charge is 2.22. The summed E-state index contributed by atoms with van der Waals surface area (Å²) < 4.78 is 0. The van der Waals surface area contributed by atoms with Crippen molar-refractivity contribution in [1.29, 1.82) is 0 Å². The first-order chi connectivity index (χ1) is 4.22. The van der Waals surface area contributed by atoms with E-state index in [1.54, 1.807) is 4.90 Å². The Balaban J connectivity index is 2.49. The van der Waals surface area contributed by atoms with Crippen LogP contribution in [-0.4, -0.2) is 23.5 Å². The van der Waals surface area contributed by atoms with Gasteiger partial charge in [0.2, 0.25) is 0 Å². The van der Waals surface area contributed by atoms with Crippen LogP contribution in [-0.2, 0) is 0 Å². The Bertz CT molecular complexity index is 124. The molecule has 1 aliphatic rings. The summed E-state index contributed by atoms with van der Waals surface area (Å²) >= 11 is 0. The Morgan fingerprint density at radius 2 is 2.44 bits per heavy atom. The van der Waals surface area contributed by atoms with Gasteiger partial charge in [-0.3, -0.25) is 0 Å². The van der Waals surface area contributed by atoms with Crippen molar-refractivity contribution in [3.05, 3.63) is 0 Å². The molecule has 3 nitrogen and oxygen atoms in total. The van der Waals surface area contributed by atoms with E-state index < -0.39 is 0 Å². The molecule has 0 saturated carbocycles. The SMILES string of the molecule is C[C@H]1CCCN1C(N)=O. The van der Waals surface area contributed by atoms with Gasteiger partial charge in [0.05, 0.1) is 0 Å². The molecule has 9 heavy (non-hydrogen) atoms. The molecule has 0 spiro atoms. The average Bonchev–Trinajstić information content (AvgIpc) is 2.13. The molecule has 2 N–H and O–H groups in total. The van der Waals surface area contributed by atoms with Crippen molar-refractivity contribution in [2.45, 2.75) is 25.8 Å². The molecule has 0 aromatic heterocycles. The number of nitrogens with two attached hydrogens (primary N) is 1. The Labute approximate surface area is 54.8 Å². The van der Waals surface area contributed by atoms with Crippen molar-refractivity contribution >= 4 is 6.03 Å². The van der Waals surface area contributed by atoms with Crippen LogP contribution in [0.1, 0.15) is 19.8 Å². The third-order valence-electron chi connectivity index (χ3n) is 1.84. The predicted octanol–water partition coefficient (Wildman–Crippen LogP) is 0.549. The number of nitrogens with zero attached hydrogens (tertiary/aromatic N) is 1. The molecule has 1 rings (SSSR count). The van der Waals surface area contributed by atoms with Crippen LogP contribution in [0.4, 0.5) is 4.79 Å². The zero-order valence-corrected chi connectivity index (χ0v) is 5.63. The van der Waals surface area contributed by atoms with E-state index in [-0.39, 0.29) is 6.03 Å². The van der Waals surface area contributed by atoms with Gasteiger partial charge in [0.1, 0.15) is 0 Å². The monoisotopic (exact) mass is 128 g/mol. The molecule has 0 aromatic carbocycles. The lowest BCUT2D eigenvalue weighted by atomic mass is 10.2. The quantitative estimate of drug-likeness (QED) is 0.508. The van der Waals surface area contributed by atoms with Gasteiger partial charge >= 0.3 is 6.03 Å². The third-order valence-corrected chi connectivity index (χ3v) is 1.84. The first-order valence-electron chi connectivity index (χ1n) is 3.28. The summed E-state index contributed by atoms with van der Waals surface area (Å²) in [4.78, 5) is 12.3. The van der Waals surface area contributed by atoms with Crippen LogP contribution in [0.15, 0.2) is 0 Å². The first-order valence-corrected chi connectivity index (χ1v) is 3.28. The second-order valence-electron chi connectivity index (χ2n) is 2.52. The van der Waals surface area contributed by atoms with Crippen LogP contribution >= 0.6 is 0 Å². The second kappa shape index (κ2) is 2.25. The maximum absolute atomic E-state index is 10.6. The maximum atomic E-state index is 10.6. The zero-order valence-electron chi connectivity index (χ0n) is 5.63. The number of carbonyl (C=O) groups excluding carboxylic acids is 1. The van der Waals surface area contributed by atoms with Gasteiger partial charge in [0, 0.05) is 12.6 Å². The summed E-state index contributed by atoms with van der Waals surface area (Å²) in [5.74, 6) is 0. The molecule has 1 saturated heterocycles. The number of hydrogen-bond donors (Lipinski definition) is 1. The normalized spacial score (nSPS) is 26.8. The largest absolute Gasteiger partial charge is 0.351 e. The van der Waals surface area contributed by atoms with E-state index in [0.717, 1.165) is 19.4 Å². The van der Waals surface area contributed by atoms with Gasteiger partial charge in [-0.25, -0.2) is 4.79 Å². The fourth-order valence-electron chi connectivity index (χ4n) is 1.26. The summed E-state index contributed by atoms with van der Waals surface area (Å²) in [6, 6.07) is 0.0856. The molecule has 1 atom stereocenters. The highest BCUT2D eigenvalue weighted by Crippen LogP contribution is 2.14. The van der Waals surface area contributed by atoms with Crippen molar-refractivity contribution in [2.75, 3.05) is 6.54 Å². The lowest BCUT2D eigenvalue weighted by Gasteiger charge is -2.17. The van der Waals surface area contributed by atoms with E-state index in [4.69, 9.17) is 5.73 Å². The summed E-state index contributed by atoms with van der Waals surface area (Å²) in [5, 5.41) is 0. The fourth-order valence-corrected chi connectivity index (χ4v) is 1.26. The van der Waals surface area contributed by atoms with Gasteiger partial charge in [0.15, 0.2) is 0 Å². The van der Waals surface area contributed by atoms with E-state index in [2.05, 4.69) is 0 Å². The third kappa shape index (κ3) is 1.15. The summed E-state index contributed by atoms with van der Waals surface area (Å²) in [6.07, 6.45) is 2.20. The molecule has 0 bridgehead atoms. The van der Waals surface area contributed by atoms with Crippen LogP contribution in [0.5, 0.6) is 0 Å². The van der Waals surface area contributed by atoms with Crippen LogP contribution < -0.4 is 5.73 Å². The van der Waals surface area contributed by atoms with Crippen LogP contribution in [0.3, 0.4) is 0 Å². The van der Waals surface area contributed by atoms with Crippen molar-refractivity contribution in [2.24, 2.45) is 5.73 Å². The minimum Gasteiger partial charge on any atom is -0.351 e. The molecule has 1 heterocycles. The summed E-state index contributed by atoms with van der Waals surface area (Å²) in [7, 11) is 0. The molecule has 2 amide bonds. The average molecular weight is 128 g/mol. The lowest BCUT2D eigenvalue weighted by molar-refractivity contribution is 0.206. The van der Waals surface area contributed by atoms with Gasteiger partial charge < -0.3 is 10.6 Å². The minimum atomic E-state index is -0.278. The van der Waals surface area contributed by atoms with Crippen molar-refractivity contribution in [1.82, 2.24) is 4.90 Å². The predicted molar refractivity (Wildman–Crippen MR) is 35.0 cm³/mol. The van der Waals surface area contributed by atoms with Gasteiger partial charge in [0.25, 0.3) is 0 Å². The number of likely N-dealkylation sites (tertiary alicyclic amines) is 1. The molecule has 52 valence electrons. The van der Waals surface area contributed by atoms with Gasteiger partial charge in [-0.15, -0.1) is 0 Å². The van der Waals surface area contributed by atoms with Crippen molar-refractivity contribution < 1.29 is 4.79 Å². The number of rotatable bonds is 0. The molecule has 0 aromatic rings. The van der Waals surface area contributed by atoms with E-state index in [9.17, 15) is 4.79 Å². The smallest absolute Gasteiger partial charge is 0.315 e. The Hall–Kier alpha value is -0.730. The first kappa shape index (κ1) is 6.39. The van der Waals surface area contributed by atoms with Gasteiger partial charge in [-0.1, -0.05) is 0 Å². The molecule has 0 radical (unpaired) electrons. The zero-order chi connectivity index (χ0) is 6.85. The van der Waals surface area contributed by atoms with E-state index in [1.807, 2.05) is 6.92 Å².